The van der Waals surface area contributed by atoms with Crippen molar-refractivity contribution in [3.05, 3.63) is 103 Å². The SMILES string of the molecule is O=C1/C(=C/c2cn(Cc3ccc(F)cc3Cl)c3ccccc23)SC(=S)N1c1ccc(Br)c(Cl)c1. The number of halogens is 4. The molecule has 9 heteroatoms. The van der Waals surface area contributed by atoms with E-state index in [9.17, 15) is 9.18 Å². The molecule has 1 amide bonds. The fourth-order valence-electron chi connectivity index (χ4n) is 3.81. The predicted octanol–water partition coefficient (Wildman–Crippen LogP) is 8.30. The molecule has 3 aromatic carbocycles. The van der Waals surface area contributed by atoms with E-state index in [-0.39, 0.29) is 11.7 Å². The van der Waals surface area contributed by atoms with Gasteiger partial charge >= 0.3 is 0 Å². The third kappa shape index (κ3) is 4.43. The van der Waals surface area contributed by atoms with Crippen molar-refractivity contribution >= 4 is 96.0 Å². The number of anilines is 1. The smallest absolute Gasteiger partial charge is 0.270 e. The van der Waals surface area contributed by atoms with Gasteiger partial charge in [-0.05, 0) is 64.0 Å². The van der Waals surface area contributed by atoms with E-state index in [1.807, 2.05) is 41.1 Å². The van der Waals surface area contributed by atoms with Gasteiger partial charge in [-0.25, -0.2) is 4.39 Å². The first-order valence-corrected chi connectivity index (χ1v) is 12.8. The molecular formula is C25H14BrCl2FN2OS2. The fourth-order valence-corrected chi connectivity index (χ4v) is 5.75. The summed E-state index contributed by atoms with van der Waals surface area (Å²) in [5, 5.41) is 1.85. The number of nitrogens with zero attached hydrogens (tertiary/aromatic N) is 2. The summed E-state index contributed by atoms with van der Waals surface area (Å²) in [4.78, 5) is 15.3. The molecule has 0 saturated carbocycles. The lowest BCUT2D eigenvalue weighted by Gasteiger charge is -2.15. The normalized spacial score (nSPS) is 15.2. The Morgan fingerprint density at radius 3 is 2.62 bits per heavy atom. The van der Waals surface area contributed by atoms with Crippen LogP contribution in [0.2, 0.25) is 10.0 Å². The molecule has 1 aromatic heterocycles. The number of carbonyl (C=O) groups excluding carboxylic acids is 1. The van der Waals surface area contributed by atoms with Gasteiger partial charge in [0.05, 0.1) is 15.6 Å². The number of rotatable bonds is 4. The molecule has 170 valence electrons. The molecule has 0 bridgehead atoms. The van der Waals surface area contributed by atoms with Crippen LogP contribution in [0.25, 0.3) is 17.0 Å². The van der Waals surface area contributed by atoms with Gasteiger partial charge < -0.3 is 4.57 Å². The van der Waals surface area contributed by atoms with Crippen LogP contribution >= 0.6 is 63.1 Å². The molecule has 2 heterocycles. The van der Waals surface area contributed by atoms with E-state index in [0.717, 1.165) is 26.5 Å². The molecule has 1 saturated heterocycles. The average Bonchev–Trinajstić information content (AvgIpc) is 3.29. The number of benzene rings is 3. The van der Waals surface area contributed by atoms with E-state index in [2.05, 4.69) is 15.9 Å². The minimum Gasteiger partial charge on any atom is -0.342 e. The Bertz CT molecular complexity index is 1520. The van der Waals surface area contributed by atoms with Gasteiger partial charge in [-0.1, -0.05) is 71.4 Å². The van der Waals surface area contributed by atoms with Crippen molar-refractivity contribution in [3.63, 3.8) is 0 Å². The maximum Gasteiger partial charge on any atom is 0.270 e. The molecule has 0 unspecified atom stereocenters. The van der Waals surface area contributed by atoms with Crippen molar-refractivity contribution < 1.29 is 9.18 Å². The highest BCUT2D eigenvalue weighted by molar-refractivity contribution is 9.10. The van der Waals surface area contributed by atoms with Gasteiger partial charge in [0.15, 0.2) is 4.32 Å². The molecule has 0 atom stereocenters. The summed E-state index contributed by atoms with van der Waals surface area (Å²) in [6.07, 6.45) is 3.82. The van der Waals surface area contributed by atoms with E-state index in [1.54, 1.807) is 24.3 Å². The Kier molecular flexibility index (Phi) is 6.57. The molecule has 1 aliphatic rings. The number of thiocarbonyl (C=S) groups is 1. The van der Waals surface area contributed by atoms with Crippen LogP contribution in [-0.4, -0.2) is 14.8 Å². The minimum absolute atomic E-state index is 0.202. The highest BCUT2D eigenvalue weighted by atomic mass is 79.9. The average molecular weight is 592 g/mol. The first-order chi connectivity index (χ1) is 16.3. The molecule has 4 aromatic rings. The highest BCUT2D eigenvalue weighted by Crippen LogP contribution is 2.39. The highest BCUT2D eigenvalue weighted by Gasteiger charge is 2.33. The van der Waals surface area contributed by atoms with E-state index < -0.39 is 0 Å². The number of hydrogen-bond acceptors (Lipinski definition) is 3. The first-order valence-electron chi connectivity index (χ1n) is 10.1. The second-order valence-electron chi connectivity index (χ2n) is 7.58. The van der Waals surface area contributed by atoms with Crippen LogP contribution in [0, 0.1) is 5.82 Å². The van der Waals surface area contributed by atoms with Crippen LogP contribution in [0.3, 0.4) is 0 Å². The van der Waals surface area contributed by atoms with Crippen molar-refractivity contribution in [3.8, 4) is 0 Å². The van der Waals surface area contributed by atoms with E-state index >= 15 is 0 Å². The summed E-state index contributed by atoms with van der Waals surface area (Å²) >= 11 is 22.6. The van der Waals surface area contributed by atoms with Crippen molar-refractivity contribution in [1.82, 2.24) is 4.57 Å². The molecule has 0 spiro atoms. The molecular weight excluding hydrogens is 578 g/mol. The second-order valence-corrected chi connectivity index (χ2v) is 10.9. The van der Waals surface area contributed by atoms with E-state index in [1.165, 1.54) is 28.8 Å². The predicted molar refractivity (Wildman–Crippen MR) is 147 cm³/mol. The summed E-state index contributed by atoms with van der Waals surface area (Å²) < 4.78 is 16.7. The number of para-hydroxylation sites is 1. The summed E-state index contributed by atoms with van der Waals surface area (Å²) in [6, 6.07) is 17.6. The fraction of sp³-hybridized carbons (Fsp3) is 0.0400. The van der Waals surface area contributed by atoms with Crippen LogP contribution in [0.15, 0.2) is 76.2 Å². The second kappa shape index (κ2) is 9.47. The van der Waals surface area contributed by atoms with Gasteiger partial charge in [0, 0.05) is 38.7 Å². The van der Waals surface area contributed by atoms with Crippen molar-refractivity contribution in [2.24, 2.45) is 0 Å². The molecule has 0 radical (unpaired) electrons. The molecule has 1 aliphatic heterocycles. The molecule has 1 fully saturated rings. The summed E-state index contributed by atoms with van der Waals surface area (Å²) in [5.74, 6) is -0.576. The Balaban J connectivity index is 1.52. The number of aromatic nitrogens is 1. The van der Waals surface area contributed by atoms with Crippen molar-refractivity contribution in [1.29, 1.82) is 0 Å². The zero-order valence-corrected chi connectivity index (χ0v) is 22.0. The monoisotopic (exact) mass is 590 g/mol. The van der Waals surface area contributed by atoms with E-state index in [4.69, 9.17) is 35.4 Å². The lowest BCUT2D eigenvalue weighted by atomic mass is 10.1. The Morgan fingerprint density at radius 1 is 1.06 bits per heavy atom. The lowest BCUT2D eigenvalue weighted by molar-refractivity contribution is -0.113. The zero-order chi connectivity index (χ0) is 24.0. The van der Waals surface area contributed by atoms with Gasteiger partial charge in [0.1, 0.15) is 5.82 Å². The number of thioether (sulfide) groups is 1. The van der Waals surface area contributed by atoms with Gasteiger partial charge in [0.2, 0.25) is 0 Å². The molecule has 3 nitrogen and oxygen atoms in total. The Morgan fingerprint density at radius 2 is 1.85 bits per heavy atom. The largest absolute Gasteiger partial charge is 0.342 e. The summed E-state index contributed by atoms with van der Waals surface area (Å²) in [6.45, 7) is 0.464. The quantitative estimate of drug-likeness (QED) is 0.176. The van der Waals surface area contributed by atoms with Gasteiger partial charge in [-0.2, -0.15) is 0 Å². The minimum atomic E-state index is -0.374. The molecule has 34 heavy (non-hydrogen) atoms. The van der Waals surface area contributed by atoms with Gasteiger partial charge in [0.25, 0.3) is 5.91 Å². The number of carbonyl (C=O) groups is 1. The topological polar surface area (TPSA) is 25.2 Å². The first kappa shape index (κ1) is 23.6. The van der Waals surface area contributed by atoms with Crippen LogP contribution in [0.4, 0.5) is 10.1 Å². The standard InChI is InChI=1S/C25H14BrCl2FN2OS2/c26-19-8-7-17(11-21(19)28)31-24(32)23(34-25(31)33)9-15-13-30(22-4-2-1-3-18(15)22)12-14-5-6-16(29)10-20(14)27/h1-11,13H,12H2/b23-9-. The molecule has 0 N–H and O–H groups in total. The van der Waals surface area contributed by atoms with Crippen LogP contribution in [0.1, 0.15) is 11.1 Å². The Hall–Kier alpha value is -2.16. The maximum absolute atomic E-state index is 13.5. The zero-order valence-electron chi connectivity index (χ0n) is 17.3. The molecule has 0 aliphatic carbocycles. The molecule has 5 rings (SSSR count). The number of fused-ring (bicyclic) bond motifs is 1. The van der Waals surface area contributed by atoms with Gasteiger partial charge in [-0.3, -0.25) is 9.69 Å². The maximum atomic E-state index is 13.5. The Labute approximate surface area is 223 Å². The van der Waals surface area contributed by atoms with Gasteiger partial charge in [-0.15, -0.1) is 0 Å². The third-order valence-electron chi connectivity index (χ3n) is 5.42. The lowest BCUT2D eigenvalue weighted by Crippen LogP contribution is -2.27. The summed E-state index contributed by atoms with van der Waals surface area (Å²) in [5.41, 5.74) is 3.27. The third-order valence-corrected chi connectivity index (χ3v) is 8.30. The van der Waals surface area contributed by atoms with Crippen molar-refractivity contribution in [2.45, 2.75) is 6.54 Å². The van der Waals surface area contributed by atoms with Crippen LogP contribution in [-0.2, 0) is 11.3 Å². The summed E-state index contributed by atoms with van der Waals surface area (Å²) in [7, 11) is 0. The van der Waals surface area contributed by atoms with Crippen molar-refractivity contribution in [2.75, 3.05) is 4.90 Å². The van der Waals surface area contributed by atoms with E-state index in [0.29, 0.717) is 31.5 Å². The number of hydrogen-bond donors (Lipinski definition) is 0. The van der Waals surface area contributed by atoms with Crippen LogP contribution in [0.5, 0.6) is 0 Å². The number of amides is 1. The van der Waals surface area contributed by atoms with Crippen LogP contribution < -0.4 is 4.90 Å².